The third kappa shape index (κ3) is 4.95. The van der Waals surface area contributed by atoms with Gasteiger partial charge in [-0.25, -0.2) is 25.4 Å². The maximum Gasteiger partial charge on any atom is 0.267 e. The predicted molar refractivity (Wildman–Crippen MR) is 177 cm³/mol. The molecule has 0 bridgehead atoms. The Bertz CT molecular complexity index is 2000. The number of fused-ring (bicyclic) bond motifs is 6. The first-order chi connectivity index (χ1) is 22.0. The molecule has 0 aromatic heterocycles. The zero-order chi connectivity index (χ0) is 32.4. The molecule has 8 rings (SSSR count). The SMILES string of the molecule is O=S1(=O)c2ccccc2C2=C[C@H](c3ccccc3Cl)C[C@@H](O)N21.O=S1(=O)c2ccccc2C2=C[C@H](c3ccccc3Cl)C[C@@H](O)N21. The minimum Gasteiger partial charge on any atom is -0.372 e. The van der Waals surface area contributed by atoms with Gasteiger partial charge in [0.2, 0.25) is 0 Å². The van der Waals surface area contributed by atoms with E-state index in [1.165, 1.54) is 0 Å². The van der Waals surface area contributed by atoms with Gasteiger partial charge >= 0.3 is 0 Å². The lowest BCUT2D eigenvalue weighted by molar-refractivity contribution is 0.0788. The Balaban J connectivity index is 0.000000147. The van der Waals surface area contributed by atoms with Crippen molar-refractivity contribution in [2.45, 2.75) is 46.9 Å². The lowest BCUT2D eigenvalue weighted by Crippen LogP contribution is -2.38. The number of allylic oxidation sites excluding steroid dienone is 2. The second kappa shape index (κ2) is 11.6. The number of aliphatic hydroxyl groups excluding tert-OH is 2. The van der Waals surface area contributed by atoms with Crippen LogP contribution in [0.3, 0.4) is 0 Å². The van der Waals surface area contributed by atoms with Crippen LogP contribution in [0, 0.1) is 0 Å². The average Bonchev–Trinajstić information content (AvgIpc) is 3.42. The van der Waals surface area contributed by atoms with Crippen LogP contribution in [-0.2, 0) is 20.0 Å². The summed E-state index contributed by atoms with van der Waals surface area (Å²) in [5.41, 5.74) is 4.10. The minimum atomic E-state index is -3.69. The van der Waals surface area contributed by atoms with Crippen molar-refractivity contribution in [2.75, 3.05) is 0 Å². The van der Waals surface area contributed by atoms with Crippen molar-refractivity contribution in [2.24, 2.45) is 0 Å². The van der Waals surface area contributed by atoms with Crippen molar-refractivity contribution >= 4 is 54.6 Å². The quantitative estimate of drug-likeness (QED) is 0.252. The molecule has 12 heteroatoms. The fourth-order valence-electron chi connectivity index (χ4n) is 6.63. The standard InChI is InChI=1S/2C17H14ClNO3S/c2*18-14-7-3-1-5-12(14)11-9-15-13-6-2-4-8-16(13)23(21,22)19(15)17(20)10-11/h2*1-9,11,17,20H,10H2/t2*11-,17+/m00/s1. The van der Waals surface area contributed by atoms with Gasteiger partial charge in [-0.3, -0.25) is 0 Å². The van der Waals surface area contributed by atoms with Gasteiger partial charge in [0, 0.05) is 45.8 Å². The molecule has 0 spiro atoms. The molecule has 4 aromatic carbocycles. The maximum atomic E-state index is 12.6. The molecule has 4 heterocycles. The highest BCUT2D eigenvalue weighted by Crippen LogP contribution is 2.48. The van der Waals surface area contributed by atoms with Crippen LogP contribution in [-0.4, -0.2) is 48.1 Å². The van der Waals surface area contributed by atoms with Crippen molar-refractivity contribution < 1.29 is 27.0 Å². The summed E-state index contributed by atoms with van der Waals surface area (Å²) in [6.45, 7) is 0. The lowest BCUT2D eigenvalue weighted by atomic mass is 9.90. The number of sulfonamides is 2. The highest BCUT2D eigenvalue weighted by molar-refractivity contribution is 7.90. The number of hydrogen-bond donors (Lipinski definition) is 2. The van der Waals surface area contributed by atoms with Crippen LogP contribution in [0.2, 0.25) is 10.0 Å². The molecule has 0 amide bonds. The number of benzene rings is 4. The fourth-order valence-corrected chi connectivity index (χ4v) is 10.7. The van der Waals surface area contributed by atoms with E-state index in [0.29, 0.717) is 32.6 Å². The molecule has 0 saturated carbocycles. The molecule has 0 saturated heterocycles. The fraction of sp³-hybridized carbons (Fsp3) is 0.176. The number of hydrogen-bond acceptors (Lipinski definition) is 6. The third-order valence-electron chi connectivity index (χ3n) is 8.67. The Labute approximate surface area is 277 Å². The molecule has 236 valence electrons. The molecule has 8 nitrogen and oxygen atoms in total. The molecular formula is C34H28Cl2N2O6S2. The Kier molecular flexibility index (Phi) is 7.78. The number of rotatable bonds is 2. The molecule has 46 heavy (non-hydrogen) atoms. The van der Waals surface area contributed by atoms with Gasteiger partial charge in [-0.1, -0.05) is 108 Å². The summed E-state index contributed by atoms with van der Waals surface area (Å²) < 4.78 is 52.8. The number of halogens is 2. The van der Waals surface area contributed by atoms with E-state index in [1.54, 1.807) is 60.7 Å². The van der Waals surface area contributed by atoms with E-state index in [2.05, 4.69) is 0 Å². The Morgan fingerprint density at radius 3 is 1.28 bits per heavy atom. The van der Waals surface area contributed by atoms with Gasteiger partial charge in [0.1, 0.15) is 12.5 Å². The van der Waals surface area contributed by atoms with E-state index in [1.807, 2.05) is 48.6 Å². The summed E-state index contributed by atoms with van der Waals surface area (Å²) in [6, 6.07) is 28.5. The molecule has 4 aromatic rings. The summed E-state index contributed by atoms with van der Waals surface area (Å²) in [4.78, 5) is 0.482. The van der Waals surface area contributed by atoms with E-state index in [4.69, 9.17) is 23.2 Å². The van der Waals surface area contributed by atoms with E-state index >= 15 is 0 Å². The summed E-state index contributed by atoms with van der Waals surface area (Å²) >= 11 is 12.5. The van der Waals surface area contributed by atoms with Crippen molar-refractivity contribution in [1.82, 2.24) is 8.61 Å². The van der Waals surface area contributed by atoms with Crippen LogP contribution < -0.4 is 0 Å². The molecule has 4 aliphatic rings. The van der Waals surface area contributed by atoms with Gasteiger partial charge in [-0.15, -0.1) is 0 Å². The first kappa shape index (κ1) is 31.0. The normalized spacial score (nSPS) is 24.8. The summed E-state index contributed by atoms with van der Waals surface area (Å²) in [5.74, 6) is -0.266. The second-order valence-electron chi connectivity index (χ2n) is 11.4. The molecule has 0 fully saturated rings. The van der Waals surface area contributed by atoms with Crippen molar-refractivity contribution in [3.05, 3.63) is 142 Å². The first-order valence-corrected chi connectivity index (χ1v) is 18.2. The summed E-state index contributed by atoms with van der Waals surface area (Å²) in [5, 5.41) is 22.2. The summed E-state index contributed by atoms with van der Waals surface area (Å²) in [7, 11) is -7.38. The highest BCUT2D eigenvalue weighted by atomic mass is 35.5. The molecule has 2 N–H and O–H groups in total. The molecule has 0 aliphatic carbocycles. The van der Waals surface area contributed by atoms with E-state index in [9.17, 15) is 27.0 Å². The van der Waals surface area contributed by atoms with Gasteiger partial charge < -0.3 is 10.2 Å². The Hall–Kier alpha value is -3.64. The van der Waals surface area contributed by atoms with Crippen LogP contribution >= 0.6 is 23.2 Å². The smallest absolute Gasteiger partial charge is 0.267 e. The number of nitrogens with zero attached hydrogens (tertiary/aromatic N) is 2. The Morgan fingerprint density at radius 1 is 0.543 bits per heavy atom. The third-order valence-corrected chi connectivity index (χ3v) is 13.1. The molecule has 4 aliphatic heterocycles. The molecule has 0 unspecified atom stereocenters. The molecule has 0 radical (unpaired) electrons. The van der Waals surface area contributed by atoms with Gasteiger partial charge in [0.25, 0.3) is 20.0 Å². The highest BCUT2D eigenvalue weighted by Gasteiger charge is 2.46. The summed E-state index contributed by atoms with van der Waals surface area (Å²) in [6.07, 6.45) is 2.12. The largest absolute Gasteiger partial charge is 0.372 e. The number of aliphatic hydroxyl groups is 2. The van der Waals surface area contributed by atoms with E-state index in [-0.39, 0.29) is 34.5 Å². The predicted octanol–water partition coefficient (Wildman–Crippen LogP) is 6.38. The van der Waals surface area contributed by atoms with Gasteiger partial charge in [-0.05, 0) is 35.4 Å². The van der Waals surface area contributed by atoms with Gasteiger partial charge in [-0.2, -0.15) is 0 Å². The van der Waals surface area contributed by atoms with E-state index in [0.717, 1.165) is 19.7 Å². The lowest BCUT2D eigenvalue weighted by Gasteiger charge is -2.33. The van der Waals surface area contributed by atoms with Gasteiger partial charge in [0.15, 0.2) is 0 Å². The topological polar surface area (TPSA) is 115 Å². The average molecular weight is 696 g/mol. The second-order valence-corrected chi connectivity index (χ2v) is 15.8. The monoisotopic (exact) mass is 694 g/mol. The van der Waals surface area contributed by atoms with Crippen LogP contribution in [0.4, 0.5) is 0 Å². The maximum absolute atomic E-state index is 12.6. The van der Waals surface area contributed by atoms with Gasteiger partial charge in [0.05, 0.1) is 21.2 Å². The first-order valence-electron chi connectivity index (χ1n) is 14.6. The van der Waals surface area contributed by atoms with Crippen LogP contribution in [0.15, 0.2) is 119 Å². The van der Waals surface area contributed by atoms with Crippen molar-refractivity contribution in [3.63, 3.8) is 0 Å². The minimum absolute atomic E-state index is 0.133. The Morgan fingerprint density at radius 2 is 0.891 bits per heavy atom. The van der Waals surface area contributed by atoms with Crippen LogP contribution in [0.5, 0.6) is 0 Å². The van der Waals surface area contributed by atoms with Crippen molar-refractivity contribution in [1.29, 1.82) is 0 Å². The zero-order valence-electron chi connectivity index (χ0n) is 24.1. The molecular weight excluding hydrogens is 667 g/mol. The zero-order valence-corrected chi connectivity index (χ0v) is 27.3. The van der Waals surface area contributed by atoms with E-state index < -0.39 is 32.5 Å². The molecule has 4 atom stereocenters. The van der Waals surface area contributed by atoms with Crippen LogP contribution in [0.25, 0.3) is 11.4 Å². The van der Waals surface area contributed by atoms with Crippen molar-refractivity contribution in [3.8, 4) is 0 Å². The van der Waals surface area contributed by atoms with Crippen LogP contribution in [0.1, 0.15) is 46.9 Å².